The molecule has 0 bridgehead atoms. The third-order valence-corrected chi connectivity index (χ3v) is 13.4. The molecule has 10 radical (unpaired) electrons. The molecule has 4 aromatic heterocycles. The van der Waals surface area contributed by atoms with Gasteiger partial charge in [0.05, 0.1) is 16.7 Å². The van der Waals surface area contributed by atoms with Crippen molar-refractivity contribution in [1.29, 1.82) is 0 Å². The second-order valence-electron chi connectivity index (χ2n) is 16.2. The highest BCUT2D eigenvalue weighted by Crippen LogP contribution is 2.41. The smallest absolute Gasteiger partial charge is 0.166 e. The van der Waals surface area contributed by atoms with Crippen LogP contribution in [-0.4, -0.2) is 73.7 Å². The number of para-hydroxylation sites is 2. The maximum atomic E-state index is 6.79. The monoisotopic (exact) mass is 861 g/mol. The topological polar surface area (TPSA) is 82.3 Å². The van der Waals surface area contributed by atoms with E-state index in [1.807, 2.05) is 109 Å². The Morgan fingerprint density at radius 2 is 0.806 bits per heavy atom. The summed E-state index contributed by atoms with van der Waals surface area (Å²) in [5.41, 5.74) is 7.36. The average molecular weight is 861 g/mol. The van der Waals surface area contributed by atoms with E-state index < -0.39 is 0 Å². The van der Waals surface area contributed by atoms with Crippen LogP contribution in [0, 0.1) is 0 Å². The maximum Gasteiger partial charge on any atom is 0.166 e. The van der Waals surface area contributed by atoms with Gasteiger partial charge in [0.2, 0.25) is 0 Å². The number of hydrogen-bond acceptors (Lipinski definition) is 7. The van der Waals surface area contributed by atoms with Crippen molar-refractivity contribution in [1.82, 2.24) is 34.5 Å². The van der Waals surface area contributed by atoms with Gasteiger partial charge in [-0.25, -0.2) is 29.9 Å². The molecule has 0 aliphatic carbocycles. The van der Waals surface area contributed by atoms with Gasteiger partial charge in [-0.1, -0.05) is 138 Å². The highest BCUT2D eigenvalue weighted by atomic mass is 32.1. The molecule has 7 nitrogen and oxygen atoms in total. The second-order valence-corrected chi connectivity index (χ2v) is 17.2. The third-order valence-electron chi connectivity index (χ3n) is 12.2. The SMILES string of the molecule is [B]c1c([B])c([B])c(-c2nc(-c3cc(-c4nc(-c5ccccc5)nc(-c5ccccc5)n4)ccc3-n3c4ccccc4c4ccccc43)nc(-c3cccc4c3sc3ccccc34)n2)c([B])c1[B]. The van der Waals surface area contributed by atoms with E-state index in [1.165, 1.54) is 0 Å². The van der Waals surface area contributed by atoms with Crippen LogP contribution in [0.2, 0.25) is 0 Å². The molecule has 0 unspecified atom stereocenters. The largest absolute Gasteiger partial charge is 0.309 e. The number of nitrogens with zero attached hydrogens (tertiary/aromatic N) is 7. The highest BCUT2D eigenvalue weighted by molar-refractivity contribution is 7.26. The molecule has 0 saturated carbocycles. The fraction of sp³-hybridized carbons (Fsp3) is 0. The molecule has 0 N–H and O–H groups in total. The van der Waals surface area contributed by atoms with E-state index in [0.29, 0.717) is 40.2 Å². The number of thiophene rings is 1. The number of hydrogen-bond donors (Lipinski definition) is 0. The summed E-state index contributed by atoms with van der Waals surface area (Å²) in [5.74, 6) is 2.40. The van der Waals surface area contributed by atoms with Crippen LogP contribution in [0.4, 0.5) is 0 Å². The Bertz CT molecular complexity index is 3810. The van der Waals surface area contributed by atoms with E-state index >= 15 is 0 Å². The van der Waals surface area contributed by atoms with Crippen LogP contribution in [-0.2, 0) is 0 Å². The summed E-state index contributed by atoms with van der Waals surface area (Å²) in [5, 5.41) is 4.39. The van der Waals surface area contributed by atoms with Crippen molar-refractivity contribution in [2.75, 3.05) is 0 Å². The van der Waals surface area contributed by atoms with E-state index in [1.54, 1.807) is 11.3 Å². The van der Waals surface area contributed by atoms with Gasteiger partial charge in [-0.05, 0) is 42.5 Å². The Morgan fingerprint density at radius 3 is 1.42 bits per heavy atom. The van der Waals surface area contributed by atoms with Gasteiger partial charge in [-0.2, -0.15) is 0 Å². The molecule has 0 aliphatic rings. The summed E-state index contributed by atoms with van der Waals surface area (Å²) in [4.78, 5) is 31.0. The van der Waals surface area contributed by atoms with E-state index in [4.69, 9.17) is 69.1 Å². The first-order chi connectivity index (χ1) is 32.8. The van der Waals surface area contributed by atoms with Gasteiger partial charge in [0, 0.05) is 64.3 Å². The minimum atomic E-state index is 0.0862. The van der Waals surface area contributed by atoms with Crippen molar-refractivity contribution in [2.24, 2.45) is 0 Å². The predicted molar refractivity (Wildman–Crippen MR) is 280 cm³/mol. The number of aromatic nitrogens is 7. The Morgan fingerprint density at radius 1 is 0.343 bits per heavy atom. The Balaban J connectivity index is 1.19. The minimum absolute atomic E-state index is 0.0862. The zero-order valence-electron chi connectivity index (χ0n) is 35.6. The maximum absolute atomic E-state index is 6.79. The molecule has 0 spiro atoms. The van der Waals surface area contributed by atoms with E-state index in [-0.39, 0.29) is 38.7 Å². The molecule has 0 fully saturated rings. The summed E-state index contributed by atoms with van der Waals surface area (Å²) < 4.78 is 4.38. The number of fused-ring (bicyclic) bond motifs is 6. The zero-order chi connectivity index (χ0) is 45.3. The highest BCUT2D eigenvalue weighted by Gasteiger charge is 2.24. The van der Waals surface area contributed by atoms with Gasteiger partial charge < -0.3 is 4.57 Å². The molecular formula is C54H28B5N7S. The molecule has 67 heavy (non-hydrogen) atoms. The van der Waals surface area contributed by atoms with Gasteiger partial charge in [0.1, 0.15) is 39.2 Å². The normalized spacial score (nSPS) is 11.6. The fourth-order valence-electron chi connectivity index (χ4n) is 8.91. The van der Waals surface area contributed by atoms with Gasteiger partial charge in [-0.15, -0.1) is 27.7 Å². The molecule has 0 atom stereocenters. The minimum Gasteiger partial charge on any atom is -0.309 e. The predicted octanol–water partition coefficient (Wildman–Crippen LogP) is 7.49. The zero-order valence-corrected chi connectivity index (χ0v) is 36.4. The summed E-state index contributed by atoms with van der Waals surface area (Å²) in [6, 6.07) is 57.1. The summed E-state index contributed by atoms with van der Waals surface area (Å²) in [6.45, 7) is 0. The van der Waals surface area contributed by atoms with Crippen LogP contribution in [0.25, 0.3) is 116 Å². The first-order valence-electron chi connectivity index (χ1n) is 21.5. The van der Waals surface area contributed by atoms with Crippen LogP contribution in [0.3, 0.4) is 0 Å². The number of benzene rings is 8. The lowest BCUT2D eigenvalue weighted by Crippen LogP contribution is -2.55. The lowest BCUT2D eigenvalue weighted by Gasteiger charge is -2.21. The van der Waals surface area contributed by atoms with Crippen LogP contribution in [0.1, 0.15) is 0 Å². The van der Waals surface area contributed by atoms with E-state index in [0.717, 1.165) is 64.4 Å². The second kappa shape index (κ2) is 16.2. The van der Waals surface area contributed by atoms with Crippen LogP contribution >= 0.6 is 11.3 Å². The first kappa shape index (κ1) is 40.6. The van der Waals surface area contributed by atoms with Gasteiger partial charge >= 0.3 is 0 Å². The number of rotatable bonds is 7. The first-order valence-corrected chi connectivity index (χ1v) is 22.3. The van der Waals surface area contributed by atoms with Crippen molar-refractivity contribution >= 4 is 120 Å². The molecule has 300 valence electrons. The van der Waals surface area contributed by atoms with E-state index in [9.17, 15) is 0 Å². The molecule has 12 rings (SSSR count). The van der Waals surface area contributed by atoms with Crippen molar-refractivity contribution in [3.05, 3.63) is 170 Å². The van der Waals surface area contributed by atoms with Crippen LogP contribution in [0.5, 0.6) is 0 Å². The van der Waals surface area contributed by atoms with Crippen LogP contribution < -0.4 is 27.3 Å². The molecular weight excluding hydrogens is 833 g/mol. The quantitative estimate of drug-likeness (QED) is 0.155. The molecule has 0 amide bonds. The molecule has 0 aliphatic heterocycles. The fourth-order valence-corrected chi connectivity index (χ4v) is 10.1. The van der Waals surface area contributed by atoms with Crippen molar-refractivity contribution < 1.29 is 0 Å². The van der Waals surface area contributed by atoms with Gasteiger partial charge in [0.15, 0.2) is 34.9 Å². The summed E-state index contributed by atoms with van der Waals surface area (Å²) in [6.07, 6.45) is 0. The lowest BCUT2D eigenvalue weighted by atomic mass is 9.60. The standard InChI is InChI=1S/C54H28B5N7S/c55-43-42(44(56)46(58)47(59)45(43)57)54-64-52(36-22-13-21-35-34-20-9-12-25-41(34)67-48(35)36)63-53(65-54)37-28-31(26-27-40(37)66-38-23-10-7-18-32(38)33-19-8-11-24-39(33)66)51-61-49(29-14-3-1-4-15-29)60-50(62-51)30-16-5-2-6-17-30/h1-28H. The van der Waals surface area contributed by atoms with Crippen LogP contribution in [0.15, 0.2) is 170 Å². The van der Waals surface area contributed by atoms with Gasteiger partial charge in [-0.3, -0.25) is 0 Å². The Hall–Kier alpha value is -7.88. The summed E-state index contributed by atoms with van der Waals surface area (Å²) in [7, 11) is 32.9. The third kappa shape index (κ3) is 6.80. The molecule has 13 heteroatoms. The molecule has 0 saturated heterocycles. The molecule has 12 aromatic rings. The van der Waals surface area contributed by atoms with E-state index in [2.05, 4.69) is 65.2 Å². The Labute approximate surface area is 396 Å². The molecule has 4 heterocycles. The van der Waals surface area contributed by atoms with Crippen molar-refractivity contribution in [3.63, 3.8) is 0 Å². The lowest BCUT2D eigenvalue weighted by molar-refractivity contribution is 1.06. The molecule has 8 aromatic carbocycles. The van der Waals surface area contributed by atoms with Crippen molar-refractivity contribution in [3.8, 4) is 74.0 Å². The summed E-state index contributed by atoms with van der Waals surface area (Å²) >= 11 is 1.67. The van der Waals surface area contributed by atoms with Crippen molar-refractivity contribution in [2.45, 2.75) is 0 Å². The van der Waals surface area contributed by atoms with Gasteiger partial charge in [0.25, 0.3) is 0 Å². The Kier molecular flexibility index (Phi) is 9.84. The average Bonchev–Trinajstić information content (AvgIpc) is 3.94.